The average molecular weight is 253 g/mol. The lowest BCUT2D eigenvalue weighted by Crippen LogP contribution is -2.27. The molecule has 0 saturated heterocycles. The molecular weight excluding hydrogens is 244 g/mol. The van der Waals surface area contributed by atoms with Gasteiger partial charge in [-0.1, -0.05) is 53.0 Å². The lowest BCUT2D eigenvalue weighted by atomic mass is 10.2. The molecule has 0 aliphatic heterocycles. The van der Waals surface area contributed by atoms with E-state index in [4.69, 9.17) is 34.8 Å². The summed E-state index contributed by atoms with van der Waals surface area (Å²) in [6, 6.07) is 7.23. The van der Waals surface area contributed by atoms with Gasteiger partial charge in [-0.2, -0.15) is 0 Å². The number of alkyl halides is 2. The van der Waals surface area contributed by atoms with Crippen LogP contribution in [0.2, 0.25) is 5.02 Å². The maximum atomic E-state index is 11.0. The average Bonchev–Trinajstić information content (AvgIpc) is 2.16. The Hall–Kier alpha value is -0.440. The minimum Gasteiger partial charge on any atom is -0.350 e. The fourth-order valence-corrected chi connectivity index (χ4v) is 1.26. The van der Waals surface area contributed by atoms with E-state index in [1.807, 2.05) is 18.2 Å². The Balaban J connectivity index is 2.54. The zero-order valence-corrected chi connectivity index (χ0v) is 9.40. The van der Waals surface area contributed by atoms with Gasteiger partial charge in [0.05, 0.1) is 0 Å². The summed E-state index contributed by atoms with van der Waals surface area (Å²) in [7, 11) is 0. The third-order valence-electron chi connectivity index (χ3n) is 1.61. The second-order valence-electron chi connectivity index (χ2n) is 2.61. The minimum absolute atomic E-state index is 0.328. The predicted molar refractivity (Wildman–Crippen MR) is 58.8 cm³/mol. The smallest absolute Gasteiger partial charge is 0.253 e. The Morgan fingerprint density at radius 1 is 1.36 bits per heavy atom. The third kappa shape index (κ3) is 3.37. The molecule has 76 valence electrons. The molecule has 0 fully saturated rings. The molecule has 0 unspecified atom stereocenters. The van der Waals surface area contributed by atoms with Crippen molar-refractivity contribution in [2.75, 3.05) is 0 Å². The molecule has 5 heteroatoms. The lowest BCUT2D eigenvalue weighted by molar-refractivity contribution is -0.119. The summed E-state index contributed by atoms with van der Waals surface area (Å²) in [5.74, 6) is -0.423. The summed E-state index contributed by atoms with van der Waals surface area (Å²) in [5.41, 5.74) is 0.830. The summed E-state index contributed by atoms with van der Waals surface area (Å²) in [5, 5.41) is 3.16. The van der Waals surface area contributed by atoms with E-state index in [2.05, 4.69) is 5.32 Å². The van der Waals surface area contributed by atoms with Crippen LogP contribution >= 0.6 is 34.8 Å². The van der Waals surface area contributed by atoms with Crippen molar-refractivity contribution in [3.63, 3.8) is 0 Å². The Morgan fingerprint density at radius 3 is 2.57 bits per heavy atom. The first-order chi connectivity index (χ1) is 6.61. The highest BCUT2D eigenvalue weighted by molar-refractivity contribution is 6.53. The van der Waals surface area contributed by atoms with Gasteiger partial charge < -0.3 is 5.32 Å². The fourth-order valence-electron chi connectivity index (χ4n) is 0.901. The van der Waals surface area contributed by atoms with Crippen LogP contribution in [0.5, 0.6) is 0 Å². The Kier molecular flexibility index (Phi) is 4.52. The summed E-state index contributed by atoms with van der Waals surface area (Å²) < 4.78 is 0. The van der Waals surface area contributed by atoms with E-state index in [9.17, 15) is 4.79 Å². The first-order valence-corrected chi connectivity index (χ1v) is 5.15. The van der Waals surface area contributed by atoms with Crippen molar-refractivity contribution in [3.8, 4) is 0 Å². The number of carbonyl (C=O) groups excluding carboxylic acids is 1. The lowest BCUT2D eigenvalue weighted by Gasteiger charge is -2.06. The zero-order chi connectivity index (χ0) is 10.6. The molecule has 0 aliphatic rings. The van der Waals surface area contributed by atoms with Gasteiger partial charge in [-0.05, 0) is 11.6 Å². The number of hydrogen-bond donors (Lipinski definition) is 1. The van der Waals surface area contributed by atoms with Crippen LogP contribution in [0.1, 0.15) is 5.56 Å². The summed E-state index contributed by atoms with van der Waals surface area (Å²) in [6.07, 6.45) is 0. The molecule has 0 spiro atoms. The molecule has 0 saturated carbocycles. The van der Waals surface area contributed by atoms with Crippen molar-refractivity contribution in [2.24, 2.45) is 0 Å². The Labute approximate surface area is 97.1 Å². The number of hydrogen-bond acceptors (Lipinski definition) is 1. The van der Waals surface area contributed by atoms with Gasteiger partial charge in [0.1, 0.15) is 0 Å². The van der Waals surface area contributed by atoms with Crippen LogP contribution in [0.25, 0.3) is 0 Å². The van der Waals surface area contributed by atoms with Gasteiger partial charge in [-0.15, -0.1) is 0 Å². The molecule has 0 heterocycles. The van der Waals surface area contributed by atoms with Gasteiger partial charge in [0.2, 0.25) is 0 Å². The van der Waals surface area contributed by atoms with Crippen LogP contribution < -0.4 is 5.32 Å². The molecule has 1 aromatic carbocycles. The highest BCUT2D eigenvalue weighted by atomic mass is 35.5. The fraction of sp³-hybridized carbons (Fsp3) is 0.222. The van der Waals surface area contributed by atoms with E-state index in [0.29, 0.717) is 11.6 Å². The van der Waals surface area contributed by atoms with Gasteiger partial charge in [0.15, 0.2) is 4.84 Å². The molecule has 14 heavy (non-hydrogen) atoms. The van der Waals surface area contributed by atoms with E-state index in [1.165, 1.54) is 0 Å². The molecule has 1 N–H and O–H groups in total. The van der Waals surface area contributed by atoms with Crippen LogP contribution in [0.3, 0.4) is 0 Å². The van der Waals surface area contributed by atoms with Gasteiger partial charge in [0.25, 0.3) is 5.91 Å². The van der Waals surface area contributed by atoms with Crippen LogP contribution in [0, 0.1) is 0 Å². The van der Waals surface area contributed by atoms with E-state index in [0.717, 1.165) is 5.56 Å². The molecule has 0 bridgehead atoms. The highest BCUT2D eigenvalue weighted by Gasteiger charge is 2.10. The van der Waals surface area contributed by atoms with Crippen LogP contribution in [-0.2, 0) is 11.3 Å². The van der Waals surface area contributed by atoms with E-state index in [-0.39, 0.29) is 0 Å². The topological polar surface area (TPSA) is 29.1 Å². The zero-order valence-electron chi connectivity index (χ0n) is 7.14. The van der Waals surface area contributed by atoms with Gasteiger partial charge >= 0.3 is 0 Å². The second kappa shape index (κ2) is 5.44. The van der Waals surface area contributed by atoms with Gasteiger partial charge in [-0.25, -0.2) is 0 Å². The molecule has 2 nitrogen and oxygen atoms in total. The number of amides is 1. The Morgan fingerprint density at radius 2 is 2.00 bits per heavy atom. The Bertz CT molecular complexity index is 328. The predicted octanol–water partition coefficient (Wildman–Crippen LogP) is 2.76. The summed E-state index contributed by atoms with van der Waals surface area (Å²) in [6.45, 7) is 0.328. The van der Waals surface area contributed by atoms with Crippen molar-refractivity contribution < 1.29 is 4.79 Å². The van der Waals surface area contributed by atoms with Crippen molar-refractivity contribution in [2.45, 2.75) is 11.4 Å². The maximum absolute atomic E-state index is 11.0. The SMILES string of the molecule is O=C(NCc1ccccc1Cl)C(Cl)Cl. The highest BCUT2D eigenvalue weighted by Crippen LogP contribution is 2.14. The molecule has 0 aromatic heterocycles. The van der Waals surface area contributed by atoms with E-state index < -0.39 is 10.7 Å². The minimum atomic E-state index is -1.04. The molecular formula is C9H8Cl3NO. The van der Waals surface area contributed by atoms with Crippen molar-refractivity contribution in [3.05, 3.63) is 34.9 Å². The van der Waals surface area contributed by atoms with Crippen molar-refractivity contribution >= 4 is 40.7 Å². The third-order valence-corrected chi connectivity index (χ3v) is 2.37. The first kappa shape index (κ1) is 11.6. The molecule has 1 amide bonds. The van der Waals surface area contributed by atoms with Crippen LogP contribution in [-0.4, -0.2) is 10.7 Å². The van der Waals surface area contributed by atoms with E-state index in [1.54, 1.807) is 6.07 Å². The monoisotopic (exact) mass is 251 g/mol. The van der Waals surface area contributed by atoms with E-state index >= 15 is 0 Å². The molecule has 0 aliphatic carbocycles. The molecule has 0 radical (unpaired) electrons. The van der Waals surface area contributed by atoms with Gasteiger partial charge in [-0.3, -0.25) is 4.79 Å². The second-order valence-corrected chi connectivity index (χ2v) is 4.11. The normalized spacial score (nSPS) is 10.3. The maximum Gasteiger partial charge on any atom is 0.253 e. The van der Waals surface area contributed by atoms with Crippen LogP contribution in [0.15, 0.2) is 24.3 Å². The number of halogens is 3. The number of benzene rings is 1. The van der Waals surface area contributed by atoms with Crippen molar-refractivity contribution in [1.82, 2.24) is 5.32 Å². The summed E-state index contributed by atoms with van der Waals surface area (Å²) in [4.78, 5) is 9.97. The summed E-state index contributed by atoms with van der Waals surface area (Å²) >= 11 is 16.6. The first-order valence-electron chi connectivity index (χ1n) is 3.90. The molecule has 0 atom stereocenters. The van der Waals surface area contributed by atoms with Crippen molar-refractivity contribution in [1.29, 1.82) is 0 Å². The van der Waals surface area contributed by atoms with Gasteiger partial charge in [0, 0.05) is 11.6 Å². The van der Waals surface area contributed by atoms with Crippen LogP contribution in [0.4, 0.5) is 0 Å². The number of carbonyl (C=O) groups is 1. The number of nitrogens with one attached hydrogen (secondary N) is 1. The quantitative estimate of drug-likeness (QED) is 0.824. The number of rotatable bonds is 3. The molecule has 1 rings (SSSR count). The molecule has 1 aromatic rings. The standard InChI is InChI=1S/C9H8Cl3NO/c10-7-4-2-1-3-6(7)5-13-9(14)8(11)12/h1-4,8H,5H2,(H,13,14). The largest absolute Gasteiger partial charge is 0.350 e.